The highest BCUT2D eigenvalue weighted by atomic mass is 79.9. The van der Waals surface area contributed by atoms with Crippen LogP contribution in [0.15, 0.2) is 40.9 Å². The van der Waals surface area contributed by atoms with Crippen LogP contribution < -0.4 is 14.2 Å². The Kier molecular flexibility index (Phi) is 6.81. The smallest absolute Gasteiger partial charge is 0.153 e. The van der Waals surface area contributed by atoms with Crippen LogP contribution in [-0.4, -0.2) is 33.9 Å². The monoisotopic (exact) mass is 482 g/mol. The summed E-state index contributed by atoms with van der Waals surface area (Å²) in [6, 6.07) is 11.3. The normalized spacial score (nSPS) is 10.5. The van der Waals surface area contributed by atoms with Gasteiger partial charge in [-0.05, 0) is 61.4 Å². The Labute approximate surface area is 190 Å². The van der Waals surface area contributed by atoms with E-state index in [0.717, 1.165) is 50.4 Å². The van der Waals surface area contributed by atoms with Gasteiger partial charge in [-0.3, -0.25) is 9.59 Å². The van der Waals surface area contributed by atoms with E-state index in [1.54, 1.807) is 19.2 Å². The van der Waals surface area contributed by atoms with Gasteiger partial charge in [0.05, 0.1) is 32.5 Å². The van der Waals surface area contributed by atoms with Gasteiger partial charge in [-0.15, -0.1) is 0 Å². The maximum absolute atomic E-state index is 11.7. The van der Waals surface area contributed by atoms with Crippen molar-refractivity contribution in [1.82, 2.24) is 0 Å². The van der Waals surface area contributed by atoms with Gasteiger partial charge < -0.3 is 14.2 Å². The van der Waals surface area contributed by atoms with Gasteiger partial charge in [0.15, 0.2) is 12.6 Å². The quantitative estimate of drug-likeness (QED) is 0.383. The van der Waals surface area contributed by atoms with Gasteiger partial charge in [-0.25, -0.2) is 0 Å². The number of methoxy groups -OCH3 is 3. The maximum Gasteiger partial charge on any atom is 0.153 e. The first-order valence-electron chi connectivity index (χ1n) is 9.54. The molecule has 0 fully saturated rings. The number of carbonyl (C=O) groups excluding carboxylic acids is 2. The Morgan fingerprint density at radius 1 is 0.613 bits per heavy atom. The van der Waals surface area contributed by atoms with Gasteiger partial charge in [-0.2, -0.15) is 0 Å². The summed E-state index contributed by atoms with van der Waals surface area (Å²) in [5, 5.41) is 0. The van der Waals surface area contributed by atoms with Gasteiger partial charge in [0.2, 0.25) is 0 Å². The van der Waals surface area contributed by atoms with E-state index in [1.165, 1.54) is 14.2 Å². The first-order valence-corrected chi connectivity index (χ1v) is 10.3. The number of aryl methyl sites for hydroxylation is 2. The van der Waals surface area contributed by atoms with Crippen LogP contribution in [0.3, 0.4) is 0 Å². The van der Waals surface area contributed by atoms with Crippen molar-refractivity contribution in [2.45, 2.75) is 13.8 Å². The molecule has 0 aromatic heterocycles. The molecule has 0 aliphatic carbocycles. The van der Waals surface area contributed by atoms with Crippen molar-refractivity contribution in [1.29, 1.82) is 0 Å². The zero-order valence-electron chi connectivity index (χ0n) is 18.0. The lowest BCUT2D eigenvalue weighted by Crippen LogP contribution is -2.00. The Morgan fingerprint density at radius 3 is 1.29 bits per heavy atom. The second-order valence-corrected chi connectivity index (χ2v) is 8.06. The van der Waals surface area contributed by atoms with Crippen LogP contribution in [0, 0.1) is 13.8 Å². The summed E-state index contributed by atoms with van der Waals surface area (Å²) in [4.78, 5) is 23.3. The van der Waals surface area contributed by atoms with E-state index < -0.39 is 0 Å². The van der Waals surface area contributed by atoms with Crippen LogP contribution >= 0.6 is 15.9 Å². The van der Waals surface area contributed by atoms with Crippen molar-refractivity contribution in [3.8, 4) is 39.5 Å². The average molecular weight is 483 g/mol. The molecule has 6 heteroatoms. The highest BCUT2D eigenvalue weighted by Gasteiger charge is 2.22. The van der Waals surface area contributed by atoms with Crippen molar-refractivity contribution >= 4 is 28.5 Å². The molecule has 0 amide bonds. The second-order valence-electron chi connectivity index (χ2n) is 7.14. The number of aldehydes is 2. The Morgan fingerprint density at radius 2 is 0.968 bits per heavy atom. The molecule has 31 heavy (non-hydrogen) atoms. The summed E-state index contributed by atoms with van der Waals surface area (Å²) in [7, 11) is 4.65. The number of carbonyl (C=O) groups is 2. The summed E-state index contributed by atoms with van der Waals surface area (Å²) < 4.78 is 17.8. The summed E-state index contributed by atoms with van der Waals surface area (Å²) in [6.07, 6.45) is 1.56. The van der Waals surface area contributed by atoms with Crippen LogP contribution in [0.4, 0.5) is 0 Å². The molecule has 0 spiro atoms. The maximum atomic E-state index is 11.7. The molecular formula is C25H23BrO5. The van der Waals surface area contributed by atoms with Gasteiger partial charge in [0.25, 0.3) is 0 Å². The summed E-state index contributed by atoms with van der Waals surface area (Å²) in [5.74, 6) is 1.50. The lowest BCUT2D eigenvalue weighted by molar-refractivity contribution is 0.111. The number of hydrogen-bond donors (Lipinski definition) is 0. The standard InChI is InChI=1S/C25H23BrO5/c1-14-6-16(12-27)23(29-3)19(8-14)21-10-18(26)11-22(25(21)31-5)20-9-15(2)7-17(13-28)24(20)30-4/h6-13H,1-5H3. The molecule has 0 aliphatic heterocycles. The molecule has 0 unspecified atom stereocenters. The van der Waals surface area contributed by atoms with Crippen molar-refractivity contribution < 1.29 is 23.8 Å². The number of hydrogen-bond acceptors (Lipinski definition) is 5. The predicted octanol–water partition coefficient (Wildman–Crippen LogP) is 6.05. The summed E-state index contributed by atoms with van der Waals surface area (Å²) in [6.45, 7) is 3.84. The first-order chi connectivity index (χ1) is 14.9. The summed E-state index contributed by atoms with van der Waals surface area (Å²) >= 11 is 3.60. The first kappa shape index (κ1) is 22.6. The van der Waals surface area contributed by atoms with E-state index >= 15 is 0 Å². The van der Waals surface area contributed by atoms with E-state index in [4.69, 9.17) is 14.2 Å². The molecule has 0 heterocycles. The molecule has 0 aliphatic rings. The molecule has 3 aromatic rings. The number of benzene rings is 3. The minimum absolute atomic E-state index is 0.456. The SMILES string of the molecule is COc1c(C=O)cc(C)cc1-c1cc(Br)cc(-c2cc(C)cc(C=O)c2OC)c1OC. The molecule has 3 rings (SSSR count). The fourth-order valence-corrected chi connectivity index (χ4v) is 4.30. The lowest BCUT2D eigenvalue weighted by atomic mass is 9.92. The van der Waals surface area contributed by atoms with Crippen LogP contribution in [0.25, 0.3) is 22.3 Å². The third-order valence-corrected chi connectivity index (χ3v) is 5.48. The number of halogens is 1. The molecule has 0 saturated carbocycles. The van der Waals surface area contributed by atoms with E-state index in [1.807, 2.05) is 38.1 Å². The number of ether oxygens (including phenoxy) is 3. The summed E-state index contributed by atoms with van der Waals surface area (Å²) in [5.41, 5.74) is 5.68. The van der Waals surface area contributed by atoms with Crippen molar-refractivity contribution in [2.24, 2.45) is 0 Å². The fourth-order valence-electron chi connectivity index (χ4n) is 3.85. The Bertz CT molecular complexity index is 1080. The highest BCUT2D eigenvalue weighted by Crippen LogP contribution is 2.47. The van der Waals surface area contributed by atoms with E-state index in [2.05, 4.69) is 15.9 Å². The Balaban J connectivity index is 2.43. The van der Waals surface area contributed by atoms with E-state index in [0.29, 0.717) is 28.4 Å². The van der Waals surface area contributed by atoms with Crippen LogP contribution in [0.1, 0.15) is 31.8 Å². The minimum atomic E-state index is 0.456. The molecule has 0 atom stereocenters. The molecule has 5 nitrogen and oxygen atoms in total. The van der Waals surface area contributed by atoms with Gasteiger partial charge >= 0.3 is 0 Å². The van der Waals surface area contributed by atoms with Gasteiger partial charge in [0, 0.05) is 26.7 Å². The van der Waals surface area contributed by atoms with Gasteiger partial charge in [-0.1, -0.05) is 15.9 Å². The van der Waals surface area contributed by atoms with Crippen LogP contribution in [-0.2, 0) is 0 Å². The molecule has 3 aromatic carbocycles. The molecular weight excluding hydrogens is 460 g/mol. The molecule has 0 N–H and O–H groups in total. The predicted molar refractivity (Wildman–Crippen MR) is 125 cm³/mol. The second kappa shape index (κ2) is 9.35. The van der Waals surface area contributed by atoms with E-state index in [9.17, 15) is 9.59 Å². The molecule has 0 bridgehead atoms. The molecule has 0 saturated heterocycles. The third kappa shape index (κ3) is 4.21. The molecule has 160 valence electrons. The van der Waals surface area contributed by atoms with Crippen LogP contribution in [0.5, 0.6) is 17.2 Å². The largest absolute Gasteiger partial charge is 0.495 e. The Hall–Kier alpha value is -3.12. The fraction of sp³-hybridized carbons (Fsp3) is 0.200. The average Bonchev–Trinajstić information content (AvgIpc) is 2.76. The zero-order chi connectivity index (χ0) is 22.7. The van der Waals surface area contributed by atoms with Crippen molar-refractivity contribution in [3.05, 3.63) is 63.1 Å². The third-order valence-electron chi connectivity index (χ3n) is 5.02. The van der Waals surface area contributed by atoms with Gasteiger partial charge in [0.1, 0.15) is 17.2 Å². The van der Waals surface area contributed by atoms with Crippen LogP contribution in [0.2, 0.25) is 0 Å². The van der Waals surface area contributed by atoms with Crippen molar-refractivity contribution in [2.75, 3.05) is 21.3 Å². The van der Waals surface area contributed by atoms with E-state index in [-0.39, 0.29) is 0 Å². The zero-order valence-corrected chi connectivity index (χ0v) is 19.6. The minimum Gasteiger partial charge on any atom is -0.495 e. The lowest BCUT2D eigenvalue weighted by Gasteiger charge is -2.20. The number of rotatable bonds is 7. The molecule has 0 radical (unpaired) electrons. The highest BCUT2D eigenvalue weighted by molar-refractivity contribution is 9.10. The van der Waals surface area contributed by atoms with Crippen molar-refractivity contribution in [3.63, 3.8) is 0 Å². The topological polar surface area (TPSA) is 61.8 Å².